The number of aryl methyl sites for hydroxylation is 1. The van der Waals surface area contributed by atoms with Crippen molar-refractivity contribution in [1.29, 1.82) is 0 Å². The molecule has 1 aromatic carbocycles. The molecule has 0 aliphatic heterocycles. The zero-order valence-electron chi connectivity index (χ0n) is 14.6. The van der Waals surface area contributed by atoms with Crippen molar-refractivity contribution in [3.63, 3.8) is 0 Å². The predicted octanol–water partition coefficient (Wildman–Crippen LogP) is 2.15. The van der Waals surface area contributed by atoms with Gasteiger partial charge in [0.15, 0.2) is 0 Å². The highest BCUT2D eigenvalue weighted by Gasteiger charge is 2.13. The SMILES string of the molecule is CC.[B]c1cc(C)c(C(COC(C)C)=NCC)cc1C(N)=O. The first-order valence-electron chi connectivity index (χ1n) is 7.72. The van der Waals surface area contributed by atoms with E-state index in [1.165, 1.54) is 0 Å². The van der Waals surface area contributed by atoms with Gasteiger partial charge in [0.1, 0.15) is 7.85 Å². The Labute approximate surface area is 135 Å². The molecule has 1 aromatic rings. The van der Waals surface area contributed by atoms with Gasteiger partial charge in [0.05, 0.1) is 18.4 Å². The lowest BCUT2D eigenvalue weighted by atomic mass is 9.86. The highest BCUT2D eigenvalue weighted by Crippen LogP contribution is 2.12. The number of benzene rings is 1. The smallest absolute Gasteiger partial charge is 0.248 e. The number of hydrogen-bond acceptors (Lipinski definition) is 3. The second-order valence-corrected chi connectivity index (χ2v) is 4.90. The van der Waals surface area contributed by atoms with Crippen LogP contribution < -0.4 is 11.2 Å². The molecule has 0 aromatic heterocycles. The van der Waals surface area contributed by atoms with E-state index in [0.717, 1.165) is 16.8 Å². The number of nitrogens with two attached hydrogens (primary N) is 1. The maximum Gasteiger partial charge on any atom is 0.248 e. The van der Waals surface area contributed by atoms with Crippen LogP contribution in [0.2, 0.25) is 0 Å². The number of carbonyl (C=O) groups excluding carboxylic acids is 1. The van der Waals surface area contributed by atoms with E-state index in [-0.39, 0.29) is 6.10 Å². The Hall–Kier alpha value is -1.62. The molecular weight excluding hydrogens is 275 g/mol. The van der Waals surface area contributed by atoms with Crippen molar-refractivity contribution in [2.75, 3.05) is 13.2 Å². The van der Waals surface area contributed by atoms with Gasteiger partial charge in [0, 0.05) is 17.7 Å². The van der Waals surface area contributed by atoms with Gasteiger partial charge in [-0.1, -0.05) is 25.4 Å². The van der Waals surface area contributed by atoms with Crippen LogP contribution in [-0.4, -0.2) is 38.7 Å². The summed E-state index contributed by atoms with van der Waals surface area (Å²) in [4.78, 5) is 15.9. The molecule has 0 aliphatic carbocycles. The molecule has 0 saturated heterocycles. The molecular formula is C17H27BN2O2. The van der Waals surface area contributed by atoms with E-state index in [1.54, 1.807) is 12.1 Å². The minimum absolute atomic E-state index is 0.113. The number of nitrogens with zero attached hydrogens (tertiary/aromatic N) is 1. The quantitative estimate of drug-likeness (QED) is 0.646. The van der Waals surface area contributed by atoms with Crippen LogP contribution in [0.25, 0.3) is 0 Å². The van der Waals surface area contributed by atoms with Crippen LogP contribution in [0.5, 0.6) is 0 Å². The molecule has 1 amide bonds. The third kappa shape index (κ3) is 6.02. The van der Waals surface area contributed by atoms with E-state index in [0.29, 0.717) is 24.2 Å². The molecule has 0 atom stereocenters. The van der Waals surface area contributed by atoms with Gasteiger partial charge in [0.2, 0.25) is 5.91 Å². The number of carbonyl (C=O) groups is 1. The van der Waals surface area contributed by atoms with Crippen molar-refractivity contribution in [2.24, 2.45) is 10.7 Å². The van der Waals surface area contributed by atoms with Crippen LogP contribution in [0.4, 0.5) is 0 Å². The monoisotopic (exact) mass is 302 g/mol. The Bertz CT molecular complexity index is 526. The summed E-state index contributed by atoms with van der Waals surface area (Å²) in [6.45, 7) is 12.9. The van der Waals surface area contributed by atoms with Gasteiger partial charge in [-0.15, -0.1) is 0 Å². The fourth-order valence-corrected chi connectivity index (χ4v) is 1.90. The van der Waals surface area contributed by atoms with Gasteiger partial charge < -0.3 is 10.5 Å². The lowest BCUT2D eigenvalue weighted by Crippen LogP contribution is -2.25. The van der Waals surface area contributed by atoms with E-state index >= 15 is 0 Å². The van der Waals surface area contributed by atoms with E-state index < -0.39 is 5.91 Å². The Morgan fingerprint density at radius 1 is 1.32 bits per heavy atom. The van der Waals surface area contributed by atoms with Gasteiger partial charge in [-0.25, -0.2) is 0 Å². The molecule has 5 heteroatoms. The molecule has 2 radical (unpaired) electrons. The van der Waals surface area contributed by atoms with E-state index in [1.807, 2.05) is 41.5 Å². The van der Waals surface area contributed by atoms with Crippen LogP contribution in [0.3, 0.4) is 0 Å². The number of amides is 1. The number of ether oxygens (including phenoxy) is 1. The Morgan fingerprint density at radius 2 is 1.91 bits per heavy atom. The highest BCUT2D eigenvalue weighted by molar-refractivity contribution is 6.36. The molecule has 0 bridgehead atoms. The van der Waals surface area contributed by atoms with E-state index in [9.17, 15) is 4.79 Å². The average Bonchev–Trinajstić information content (AvgIpc) is 2.45. The molecule has 1 rings (SSSR count). The maximum atomic E-state index is 11.4. The highest BCUT2D eigenvalue weighted by atomic mass is 16.5. The van der Waals surface area contributed by atoms with Crippen LogP contribution >= 0.6 is 0 Å². The Morgan fingerprint density at radius 3 is 2.36 bits per heavy atom. The Kier molecular flexibility index (Phi) is 9.42. The molecule has 0 unspecified atom stereocenters. The minimum Gasteiger partial charge on any atom is -0.372 e. The van der Waals surface area contributed by atoms with Gasteiger partial charge in [-0.3, -0.25) is 9.79 Å². The first-order valence-corrected chi connectivity index (χ1v) is 7.72. The molecule has 0 fully saturated rings. The van der Waals surface area contributed by atoms with Crippen LogP contribution in [0.15, 0.2) is 17.1 Å². The summed E-state index contributed by atoms with van der Waals surface area (Å²) in [6, 6.07) is 3.45. The molecule has 0 aliphatic rings. The molecule has 0 heterocycles. The summed E-state index contributed by atoms with van der Waals surface area (Å²) >= 11 is 0. The van der Waals surface area contributed by atoms with Gasteiger partial charge >= 0.3 is 0 Å². The third-order valence-corrected chi connectivity index (χ3v) is 2.88. The van der Waals surface area contributed by atoms with Gasteiger partial charge in [-0.05, 0) is 39.3 Å². The fourth-order valence-electron chi connectivity index (χ4n) is 1.90. The summed E-state index contributed by atoms with van der Waals surface area (Å²) in [7, 11) is 5.82. The minimum atomic E-state index is -0.538. The topological polar surface area (TPSA) is 64.7 Å². The molecule has 4 nitrogen and oxygen atoms in total. The number of aliphatic imine (C=N–C) groups is 1. The number of rotatable bonds is 6. The molecule has 120 valence electrons. The predicted molar refractivity (Wildman–Crippen MR) is 94.6 cm³/mol. The van der Waals surface area contributed by atoms with Gasteiger partial charge in [0.25, 0.3) is 0 Å². The fraction of sp³-hybridized carbons (Fsp3) is 0.529. The first-order chi connectivity index (χ1) is 10.4. The van der Waals surface area contributed by atoms with Crippen molar-refractivity contribution >= 4 is 24.9 Å². The average molecular weight is 302 g/mol. The van der Waals surface area contributed by atoms with Crippen LogP contribution in [-0.2, 0) is 4.74 Å². The van der Waals surface area contributed by atoms with Crippen LogP contribution in [0, 0.1) is 6.92 Å². The zero-order chi connectivity index (χ0) is 17.3. The van der Waals surface area contributed by atoms with E-state index in [4.69, 9.17) is 18.3 Å². The lowest BCUT2D eigenvalue weighted by molar-refractivity contribution is 0.100. The van der Waals surface area contributed by atoms with Crippen LogP contribution in [0.1, 0.15) is 56.1 Å². The van der Waals surface area contributed by atoms with Crippen molar-refractivity contribution < 1.29 is 9.53 Å². The van der Waals surface area contributed by atoms with Crippen molar-refractivity contribution in [3.8, 4) is 0 Å². The molecule has 2 N–H and O–H groups in total. The lowest BCUT2D eigenvalue weighted by Gasteiger charge is -2.15. The third-order valence-electron chi connectivity index (χ3n) is 2.88. The van der Waals surface area contributed by atoms with Gasteiger partial charge in [-0.2, -0.15) is 0 Å². The van der Waals surface area contributed by atoms with Crippen molar-refractivity contribution in [1.82, 2.24) is 0 Å². The Balaban J connectivity index is 0.00000211. The second-order valence-electron chi connectivity index (χ2n) is 4.90. The first kappa shape index (κ1) is 20.4. The normalized spacial score (nSPS) is 11.1. The second kappa shape index (κ2) is 10.2. The zero-order valence-corrected chi connectivity index (χ0v) is 14.6. The summed E-state index contributed by atoms with van der Waals surface area (Å²) in [5.41, 5.74) is 8.66. The summed E-state index contributed by atoms with van der Waals surface area (Å²) in [5.74, 6) is -0.538. The largest absolute Gasteiger partial charge is 0.372 e. The number of primary amides is 1. The van der Waals surface area contributed by atoms with Crippen molar-refractivity contribution in [3.05, 3.63) is 28.8 Å². The standard InChI is InChI=1S/C15H21BN2O2.C2H6/c1-5-18-14(8-20-9(2)3)11-7-12(15(17)19)13(16)6-10(11)4;1-2/h6-7,9H,5,8H2,1-4H3,(H2,17,19);1-2H3. The molecule has 0 spiro atoms. The number of hydrogen-bond donors (Lipinski definition) is 1. The molecule has 22 heavy (non-hydrogen) atoms. The summed E-state index contributed by atoms with van der Waals surface area (Å²) in [6.07, 6.45) is 0.113. The summed E-state index contributed by atoms with van der Waals surface area (Å²) in [5, 5.41) is 0. The summed E-state index contributed by atoms with van der Waals surface area (Å²) < 4.78 is 5.62. The maximum absolute atomic E-state index is 11.4. The molecule has 0 saturated carbocycles. The van der Waals surface area contributed by atoms with E-state index in [2.05, 4.69) is 4.99 Å². The van der Waals surface area contributed by atoms with Crippen molar-refractivity contribution in [2.45, 2.75) is 47.6 Å².